The lowest BCUT2D eigenvalue weighted by Crippen LogP contribution is -2.19. The number of ether oxygens (including phenoxy) is 2. The molecule has 25 heavy (non-hydrogen) atoms. The van der Waals surface area contributed by atoms with Gasteiger partial charge in [-0.25, -0.2) is 5.43 Å². The predicted molar refractivity (Wildman–Crippen MR) is 92.1 cm³/mol. The number of nitrogens with one attached hydrogen (secondary N) is 1. The van der Waals surface area contributed by atoms with Gasteiger partial charge in [0.15, 0.2) is 11.5 Å². The van der Waals surface area contributed by atoms with Crippen molar-refractivity contribution in [2.45, 2.75) is 6.42 Å². The van der Waals surface area contributed by atoms with Gasteiger partial charge < -0.3 is 9.47 Å². The highest BCUT2D eigenvalue weighted by molar-refractivity contribution is 5.84. The number of nitro benzene ring substituents is 1. The molecule has 0 aliphatic carbocycles. The lowest BCUT2D eigenvalue weighted by molar-refractivity contribution is -0.384. The zero-order valence-electron chi connectivity index (χ0n) is 13.8. The van der Waals surface area contributed by atoms with Gasteiger partial charge in [0.1, 0.15) is 0 Å². The zero-order valence-corrected chi connectivity index (χ0v) is 13.8. The van der Waals surface area contributed by atoms with Crippen LogP contribution in [0.4, 0.5) is 5.69 Å². The zero-order chi connectivity index (χ0) is 18.2. The molecule has 0 spiro atoms. The molecule has 0 fully saturated rings. The van der Waals surface area contributed by atoms with Crippen LogP contribution in [0.25, 0.3) is 0 Å². The van der Waals surface area contributed by atoms with E-state index in [1.54, 1.807) is 25.3 Å². The van der Waals surface area contributed by atoms with E-state index in [0.29, 0.717) is 17.1 Å². The molecule has 0 aliphatic heterocycles. The van der Waals surface area contributed by atoms with Crippen LogP contribution in [0, 0.1) is 10.1 Å². The van der Waals surface area contributed by atoms with Crippen molar-refractivity contribution in [2.24, 2.45) is 5.10 Å². The molecule has 0 bridgehead atoms. The van der Waals surface area contributed by atoms with Crippen LogP contribution in [0.3, 0.4) is 0 Å². The molecule has 0 saturated heterocycles. The topological polar surface area (TPSA) is 103 Å². The average molecular weight is 343 g/mol. The largest absolute Gasteiger partial charge is 0.493 e. The number of methoxy groups -OCH3 is 2. The van der Waals surface area contributed by atoms with E-state index in [9.17, 15) is 14.9 Å². The number of hydrazone groups is 1. The fraction of sp³-hybridized carbons (Fsp3) is 0.176. The quantitative estimate of drug-likeness (QED) is 0.472. The molecule has 0 aliphatic rings. The number of nitro groups is 1. The molecular weight excluding hydrogens is 326 g/mol. The van der Waals surface area contributed by atoms with Gasteiger partial charge in [0.05, 0.1) is 31.8 Å². The summed E-state index contributed by atoms with van der Waals surface area (Å²) in [5.41, 5.74) is 3.78. The molecule has 8 nitrogen and oxygen atoms in total. The molecule has 2 aromatic carbocycles. The summed E-state index contributed by atoms with van der Waals surface area (Å²) in [5.74, 6) is 0.830. The molecule has 1 N–H and O–H groups in total. The number of non-ortho nitro benzene ring substituents is 1. The number of benzene rings is 2. The fourth-order valence-corrected chi connectivity index (χ4v) is 2.07. The minimum atomic E-state index is -0.489. The molecule has 0 radical (unpaired) electrons. The molecule has 8 heteroatoms. The highest BCUT2D eigenvalue weighted by Crippen LogP contribution is 2.26. The van der Waals surface area contributed by atoms with Gasteiger partial charge in [0.2, 0.25) is 5.91 Å². The molecule has 1 amide bonds. The summed E-state index contributed by atoms with van der Waals surface area (Å²) in [6.07, 6.45) is 1.55. The third kappa shape index (κ3) is 5.03. The second kappa shape index (κ2) is 8.44. The first-order chi connectivity index (χ1) is 12.0. The lowest BCUT2D eigenvalue weighted by Gasteiger charge is -2.07. The number of hydrogen-bond acceptors (Lipinski definition) is 6. The number of rotatable bonds is 7. The second-order valence-corrected chi connectivity index (χ2v) is 5.01. The monoisotopic (exact) mass is 343 g/mol. The maximum Gasteiger partial charge on any atom is 0.269 e. The SMILES string of the molecule is COc1ccc(/C=N\NC(=O)Cc2ccc([N+](=O)[O-])cc2)cc1OC. The predicted octanol–water partition coefficient (Wildman–Crippen LogP) is 2.30. The van der Waals surface area contributed by atoms with E-state index in [4.69, 9.17) is 9.47 Å². The summed E-state index contributed by atoms with van der Waals surface area (Å²) in [6.45, 7) is 0. The standard InChI is InChI=1S/C17H17N3O5/c1-24-15-8-5-13(9-16(15)25-2)11-18-19-17(21)10-12-3-6-14(7-4-12)20(22)23/h3-9,11H,10H2,1-2H3,(H,19,21)/b18-11-. The Labute approximate surface area is 144 Å². The maximum atomic E-state index is 11.8. The summed E-state index contributed by atoms with van der Waals surface area (Å²) in [7, 11) is 3.08. The van der Waals surface area contributed by atoms with Crippen LogP contribution in [0.15, 0.2) is 47.6 Å². The van der Waals surface area contributed by atoms with Gasteiger partial charge in [-0.2, -0.15) is 5.10 Å². The number of carbonyl (C=O) groups is 1. The Morgan fingerprint density at radius 2 is 1.84 bits per heavy atom. The van der Waals surface area contributed by atoms with Crippen molar-refractivity contribution in [3.63, 3.8) is 0 Å². The van der Waals surface area contributed by atoms with E-state index in [1.165, 1.54) is 37.6 Å². The van der Waals surface area contributed by atoms with Crippen LogP contribution in [0.5, 0.6) is 11.5 Å². The summed E-state index contributed by atoms with van der Waals surface area (Å²) in [4.78, 5) is 21.9. The van der Waals surface area contributed by atoms with E-state index < -0.39 is 4.92 Å². The highest BCUT2D eigenvalue weighted by atomic mass is 16.6. The highest BCUT2D eigenvalue weighted by Gasteiger charge is 2.07. The molecule has 0 aromatic heterocycles. The Kier molecular flexibility index (Phi) is 6.05. The Hall–Kier alpha value is -3.42. The Morgan fingerprint density at radius 3 is 2.44 bits per heavy atom. The minimum absolute atomic E-state index is 0.0179. The van der Waals surface area contributed by atoms with E-state index in [2.05, 4.69) is 10.5 Å². The third-order valence-corrected chi connectivity index (χ3v) is 3.32. The Balaban J connectivity index is 1.93. The molecule has 2 aromatic rings. The summed E-state index contributed by atoms with van der Waals surface area (Å²) in [5, 5.41) is 14.5. The first-order valence-electron chi connectivity index (χ1n) is 7.30. The Morgan fingerprint density at radius 1 is 1.16 bits per heavy atom. The maximum absolute atomic E-state index is 11.8. The van der Waals surface area contributed by atoms with E-state index in [0.717, 1.165) is 5.56 Å². The van der Waals surface area contributed by atoms with Gasteiger partial charge in [0.25, 0.3) is 5.69 Å². The van der Waals surface area contributed by atoms with Gasteiger partial charge in [-0.15, -0.1) is 0 Å². The van der Waals surface area contributed by atoms with E-state index in [1.807, 2.05) is 0 Å². The summed E-state index contributed by atoms with van der Waals surface area (Å²) >= 11 is 0. The normalized spacial score (nSPS) is 10.5. The number of carbonyl (C=O) groups excluding carboxylic acids is 1. The number of hydrogen-bond donors (Lipinski definition) is 1. The first-order valence-corrected chi connectivity index (χ1v) is 7.30. The first kappa shape index (κ1) is 17.9. The number of nitrogens with zero attached hydrogens (tertiary/aromatic N) is 2. The molecular formula is C17H17N3O5. The van der Waals surface area contributed by atoms with Crippen molar-refractivity contribution < 1.29 is 19.2 Å². The van der Waals surface area contributed by atoms with Crippen LogP contribution >= 0.6 is 0 Å². The second-order valence-electron chi connectivity index (χ2n) is 5.01. The molecule has 2 rings (SSSR count). The fourth-order valence-electron chi connectivity index (χ4n) is 2.07. The van der Waals surface area contributed by atoms with Crippen molar-refractivity contribution in [1.29, 1.82) is 0 Å². The van der Waals surface area contributed by atoms with Gasteiger partial charge in [-0.3, -0.25) is 14.9 Å². The van der Waals surface area contributed by atoms with E-state index >= 15 is 0 Å². The van der Waals surface area contributed by atoms with Crippen molar-refractivity contribution in [3.8, 4) is 11.5 Å². The lowest BCUT2D eigenvalue weighted by atomic mass is 10.1. The van der Waals surface area contributed by atoms with Crippen LogP contribution in [-0.2, 0) is 11.2 Å². The Bertz CT molecular complexity index is 787. The smallest absolute Gasteiger partial charge is 0.269 e. The van der Waals surface area contributed by atoms with Gasteiger partial charge >= 0.3 is 0 Å². The number of amides is 1. The van der Waals surface area contributed by atoms with Crippen molar-refractivity contribution in [1.82, 2.24) is 5.43 Å². The van der Waals surface area contributed by atoms with Gasteiger partial charge in [-0.05, 0) is 29.3 Å². The van der Waals surface area contributed by atoms with E-state index in [-0.39, 0.29) is 18.0 Å². The molecule has 0 heterocycles. The van der Waals surface area contributed by atoms with Crippen molar-refractivity contribution >= 4 is 17.8 Å². The molecule has 0 unspecified atom stereocenters. The van der Waals surface area contributed by atoms with Gasteiger partial charge in [0, 0.05) is 12.1 Å². The third-order valence-electron chi connectivity index (χ3n) is 3.32. The average Bonchev–Trinajstić information content (AvgIpc) is 2.62. The van der Waals surface area contributed by atoms with Crippen LogP contribution in [-0.4, -0.2) is 31.3 Å². The van der Waals surface area contributed by atoms with Crippen molar-refractivity contribution in [2.75, 3.05) is 14.2 Å². The molecule has 0 atom stereocenters. The molecule has 0 saturated carbocycles. The summed E-state index contributed by atoms with van der Waals surface area (Å²) < 4.78 is 10.3. The minimum Gasteiger partial charge on any atom is -0.493 e. The van der Waals surface area contributed by atoms with Crippen LogP contribution < -0.4 is 14.9 Å². The summed E-state index contributed by atoms with van der Waals surface area (Å²) in [6, 6.07) is 11.0. The molecule has 130 valence electrons. The van der Waals surface area contributed by atoms with Crippen LogP contribution in [0.2, 0.25) is 0 Å². The van der Waals surface area contributed by atoms with Crippen molar-refractivity contribution in [3.05, 3.63) is 63.7 Å². The van der Waals surface area contributed by atoms with Gasteiger partial charge in [-0.1, -0.05) is 12.1 Å². The van der Waals surface area contributed by atoms with Crippen LogP contribution in [0.1, 0.15) is 11.1 Å².